The molecule has 1 aliphatic rings. The maximum Gasteiger partial charge on any atom is 0.210 e. The molecule has 0 aromatic carbocycles. The van der Waals surface area contributed by atoms with Gasteiger partial charge in [-0.15, -0.1) is 0 Å². The van der Waals surface area contributed by atoms with Crippen LogP contribution in [0.15, 0.2) is 28.2 Å². The van der Waals surface area contributed by atoms with Gasteiger partial charge in [0.2, 0.25) is 6.41 Å². The summed E-state index contributed by atoms with van der Waals surface area (Å²) in [5.74, 6) is 1.85. The molecule has 1 atom stereocenters. The molecule has 7 N–H and O–H groups in total. The van der Waals surface area contributed by atoms with E-state index in [1.54, 1.807) is 7.11 Å². The lowest BCUT2D eigenvalue weighted by atomic mass is 9.93. The maximum absolute atomic E-state index is 11.1. The molecule has 11 heteroatoms. The lowest BCUT2D eigenvalue weighted by molar-refractivity contribution is -0.120. The third-order valence-electron chi connectivity index (χ3n) is 5.14. The number of nitrogens with zero attached hydrogens (tertiary/aromatic N) is 3. The number of carbonyl (C=O) groups excluding carboxylic acids is 1. The molecule has 1 aromatic rings. The Hall–Kier alpha value is -2.24. The van der Waals surface area contributed by atoms with Crippen LogP contribution in [-0.2, 0) is 9.53 Å². The number of ether oxygens (including phenoxy) is 1. The van der Waals surface area contributed by atoms with Crippen molar-refractivity contribution in [3.05, 3.63) is 18.2 Å². The number of anilines is 1. The summed E-state index contributed by atoms with van der Waals surface area (Å²) in [6, 6.07) is 5.61. The zero-order chi connectivity index (χ0) is 27.5. The lowest BCUT2D eigenvalue weighted by Crippen LogP contribution is -2.36. The molecule has 1 amide bonds. The van der Waals surface area contributed by atoms with Crippen LogP contribution in [0.4, 0.5) is 5.82 Å². The first-order valence-corrected chi connectivity index (χ1v) is 12.8. The Balaban J connectivity index is 0. The topological polar surface area (TPSA) is 167 Å². The minimum absolute atomic E-state index is 0.0258. The summed E-state index contributed by atoms with van der Waals surface area (Å²) in [5.41, 5.74) is 16.0. The maximum atomic E-state index is 11.1. The molecule has 0 saturated carbocycles. The van der Waals surface area contributed by atoms with Crippen LogP contribution in [0.3, 0.4) is 0 Å². The molecule has 35 heavy (non-hydrogen) atoms. The number of aliphatic imine (C=N–C) groups is 1. The molecule has 1 aliphatic heterocycles. The van der Waals surface area contributed by atoms with Gasteiger partial charge in [-0.2, -0.15) is 0 Å². The van der Waals surface area contributed by atoms with Crippen molar-refractivity contribution in [2.45, 2.75) is 83.9 Å². The third kappa shape index (κ3) is 16.1. The van der Waals surface area contributed by atoms with Crippen LogP contribution in [0.5, 0.6) is 0 Å². The zero-order valence-electron chi connectivity index (χ0n) is 22.9. The van der Waals surface area contributed by atoms with Crippen LogP contribution < -0.4 is 16.2 Å². The Morgan fingerprint density at radius 2 is 1.97 bits per heavy atom. The summed E-state index contributed by atoms with van der Waals surface area (Å²) in [7, 11) is 1.71. The standard InChI is InChI=1S/C17H28N6OS.C5H12O.C2H6.H2N2/c1-17(2)9-13(11-23(17)12-24)5-4-8-20-14(18)10-21-15-6-3-7-16(22-15)25-19;1-5(2,3)6-4;2*1-2/h3,6-7,12-13H,4-5,8-11,19H2,1-2H3,(H2,18,20)(H,21,22);1-4H3;1-2H3;1-2H. The van der Waals surface area contributed by atoms with Gasteiger partial charge in [-0.1, -0.05) is 19.9 Å². The second-order valence-corrected chi connectivity index (χ2v) is 9.96. The van der Waals surface area contributed by atoms with Crippen molar-refractivity contribution in [2.24, 2.45) is 21.8 Å². The fraction of sp³-hybridized carbons (Fsp3) is 0.708. The van der Waals surface area contributed by atoms with Gasteiger partial charge in [0.25, 0.3) is 0 Å². The molecular formula is C24H48N8O2S. The van der Waals surface area contributed by atoms with Crippen molar-refractivity contribution in [3.8, 4) is 0 Å². The number of hydrogen-bond acceptors (Lipinski definition) is 9. The van der Waals surface area contributed by atoms with Crippen LogP contribution in [0, 0.1) is 17.0 Å². The van der Waals surface area contributed by atoms with E-state index in [2.05, 4.69) is 29.1 Å². The predicted molar refractivity (Wildman–Crippen MR) is 147 cm³/mol. The Bertz CT molecular complexity index is 726. The van der Waals surface area contributed by atoms with Crippen LogP contribution in [0.2, 0.25) is 0 Å². The first-order chi connectivity index (χ1) is 16.5. The van der Waals surface area contributed by atoms with Gasteiger partial charge in [0, 0.05) is 25.7 Å². The Labute approximate surface area is 216 Å². The first-order valence-electron chi connectivity index (χ1n) is 11.9. The molecule has 1 unspecified atom stereocenters. The fourth-order valence-corrected chi connectivity index (χ4v) is 3.52. The molecule has 1 aromatic heterocycles. The number of nitrogens with two attached hydrogens (primary N) is 2. The number of pyridine rings is 1. The molecule has 1 fully saturated rings. The zero-order valence-corrected chi connectivity index (χ0v) is 23.7. The van der Waals surface area contributed by atoms with E-state index >= 15 is 0 Å². The number of hydrogen-bond donors (Lipinski definition) is 5. The minimum Gasteiger partial charge on any atom is -0.386 e. The lowest BCUT2D eigenvalue weighted by Gasteiger charge is -2.27. The average molecular weight is 513 g/mol. The van der Waals surface area contributed by atoms with Gasteiger partial charge in [-0.25, -0.2) is 16.0 Å². The molecule has 2 heterocycles. The van der Waals surface area contributed by atoms with E-state index in [0.717, 1.165) is 55.0 Å². The highest BCUT2D eigenvalue weighted by Crippen LogP contribution is 2.33. The van der Waals surface area contributed by atoms with E-state index in [1.165, 1.54) is 0 Å². The number of aromatic nitrogens is 1. The highest BCUT2D eigenvalue weighted by Gasteiger charge is 2.36. The smallest absolute Gasteiger partial charge is 0.210 e. The largest absolute Gasteiger partial charge is 0.386 e. The summed E-state index contributed by atoms with van der Waals surface area (Å²) in [6.45, 7) is 16.3. The van der Waals surface area contributed by atoms with Crippen molar-refractivity contribution < 1.29 is 9.53 Å². The molecule has 0 aliphatic carbocycles. The van der Waals surface area contributed by atoms with Crippen LogP contribution in [0.1, 0.15) is 67.7 Å². The molecule has 2 rings (SSSR count). The highest BCUT2D eigenvalue weighted by atomic mass is 32.2. The Morgan fingerprint density at radius 3 is 2.46 bits per heavy atom. The van der Waals surface area contributed by atoms with Crippen molar-refractivity contribution in [3.63, 3.8) is 0 Å². The van der Waals surface area contributed by atoms with E-state index in [4.69, 9.17) is 26.7 Å². The molecule has 202 valence electrons. The second kappa shape index (κ2) is 19.0. The van der Waals surface area contributed by atoms with Crippen molar-refractivity contribution >= 4 is 30.0 Å². The van der Waals surface area contributed by atoms with E-state index in [-0.39, 0.29) is 11.1 Å². The molecular weight excluding hydrogens is 464 g/mol. The number of rotatable bonds is 9. The van der Waals surface area contributed by atoms with Gasteiger partial charge in [0.05, 0.1) is 12.1 Å². The van der Waals surface area contributed by atoms with E-state index in [1.807, 2.05) is 57.7 Å². The summed E-state index contributed by atoms with van der Waals surface area (Å²) in [6.07, 6.45) is 4.06. The van der Waals surface area contributed by atoms with Crippen molar-refractivity contribution in [1.29, 1.82) is 11.1 Å². The Morgan fingerprint density at radius 1 is 1.37 bits per heavy atom. The molecule has 0 bridgehead atoms. The van der Waals surface area contributed by atoms with Crippen LogP contribution in [-0.4, -0.2) is 60.0 Å². The molecule has 0 radical (unpaired) electrons. The van der Waals surface area contributed by atoms with Gasteiger partial charge >= 0.3 is 0 Å². The second-order valence-electron chi connectivity index (χ2n) is 9.30. The van der Waals surface area contributed by atoms with Gasteiger partial charge in [0.1, 0.15) is 16.7 Å². The van der Waals surface area contributed by atoms with Gasteiger partial charge in [-0.05, 0) is 83.9 Å². The van der Waals surface area contributed by atoms with Gasteiger partial charge < -0.3 is 20.7 Å². The quantitative estimate of drug-likeness (QED) is 0.0782. The summed E-state index contributed by atoms with van der Waals surface area (Å²) in [4.78, 5) is 21.7. The minimum atomic E-state index is -0.0258. The summed E-state index contributed by atoms with van der Waals surface area (Å²) < 4.78 is 4.94. The number of methoxy groups -OCH3 is 1. The average Bonchev–Trinajstić information content (AvgIpc) is 3.16. The first kappa shape index (κ1) is 34.9. The monoisotopic (exact) mass is 512 g/mol. The fourth-order valence-electron chi connectivity index (χ4n) is 3.21. The van der Waals surface area contributed by atoms with E-state index in [9.17, 15) is 4.79 Å². The van der Waals surface area contributed by atoms with Crippen molar-refractivity contribution in [1.82, 2.24) is 9.88 Å². The van der Waals surface area contributed by atoms with Crippen molar-refractivity contribution in [2.75, 3.05) is 32.1 Å². The van der Waals surface area contributed by atoms with Crippen LogP contribution >= 0.6 is 11.9 Å². The van der Waals surface area contributed by atoms with E-state index < -0.39 is 0 Å². The Kier molecular flexibility index (Phi) is 19.0. The summed E-state index contributed by atoms with van der Waals surface area (Å²) in [5, 5.41) is 9.40. The number of amidine groups is 1. The summed E-state index contributed by atoms with van der Waals surface area (Å²) >= 11 is 1.11. The SMILES string of the molecule is CC.CC1(C)CC(CCCN=C(N)CNc2cccc(SN)n2)CN1C=O.COC(C)(C)C.N=N. The van der Waals surface area contributed by atoms with Gasteiger partial charge in [0.15, 0.2) is 0 Å². The van der Waals surface area contributed by atoms with E-state index in [0.29, 0.717) is 24.8 Å². The van der Waals surface area contributed by atoms with Gasteiger partial charge in [-0.3, -0.25) is 14.9 Å². The normalized spacial score (nSPS) is 16.5. The molecule has 0 spiro atoms. The number of nitrogens with one attached hydrogen (secondary N) is 3. The number of amides is 1. The molecule has 10 nitrogen and oxygen atoms in total. The predicted octanol–water partition coefficient (Wildman–Crippen LogP) is 4.91. The third-order valence-corrected chi connectivity index (χ3v) is 5.61. The highest BCUT2D eigenvalue weighted by molar-refractivity contribution is 7.97. The van der Waals surface area contributed by atoms with Crippen LogP contribution in [0.25, 0.3) is 0 Å². The number of carbonyl (C=O) groups is 1. The molecule has 1 saturated heterocycles. The number of likely N-dealkylation sites (tertiary alicyclic amines) is 1.